The van der Waals surface area contributed by atoms with E-state index in [1.54, 1.807) is 6.07 Å². The van der Waals surface area contributed by atoms with Gasteiger partial charge in [0.05, 0.1) is 0 Å². The van der Waals surface area contributed by atoms with Gasteiger partial charge in [-0.05, 0) is 29.8 Å². The highest BCUT2D eigenvalue weighted by molar-refractivity contribution is 9.10. The summed E-state index contributed by atoms with van der Waals surface area (Å²) in [7, 11) is 0. The van der Waals surface area contributed by atoms with E-state index in [1.807, 2.05) is 24.3 Å². The third-order valence-electron chi connectivity index (χ3n) is 3.27. The normalized spacial score (nSPS) is 16.8. The van der Waals surface area contributed by atoms with Crippen molar-refractivity contribution in [1.29, 1.82) is 0 Å². The molecule has 0 saturated heterocycles. The van der Waals surface area contributed by atoms with Gasteiger partial charge in [-0.25, -0.2) is 4.39 Å². The molecule has 1 atom stereocenters. The maximum absolute atomic E-state index is 13.0. The molecular weight excluding hydrogens is 337 g/mol. The molecular formula is C16H15BrFNO2. The van der Waals surface area contributed by atoms with Crippen LogP contribution >= 0.6 is 15.9 Å². The van der Waals surface area contributed by atoms with Crippen molar-refractivity contribution < 1.29 is 13.9 Å². The van der Waals surface area contributed by atoms with Crippen molar-refractivity contribution in [2.24, 2.45) is 0 Å². The summed E-state index contributed by atoms with van der Waals surface area (Å²) in [6.45, 7) is 1.83. The van der Waals surface area contributed by atoms with E-state index in [0.717, 1.165) is 21.5 Å². The molecule has 0 aromatic heterocycles. The lowest BCUT2D eigenvalue weighted by molar-refractivity contribution is 0.0902. The van der Waals surface area contributed by atoms with E-state index in [1.165, 1.54) is 12.1 Å². The molecule has 0 spiro atoms. The number of para-hydroxylation sites is 2. The van der Waals surface area contributed by atoms with Crippen LogP contribution in [0.5, 0.6) is 11.5 Å². The number of nitrogens with one attached hydrogen (secondary N) is 1. The Morgan fingerprint density at radius 3 is 2.81 bits per heavy atom. The lowest BCUT2D eigenvalue weighted by atomic mass is 10.2. The molecule has 2 aromatic rings. The smallest absolute Gasteiger partial charge is 0.161 e. The summed E-state index contributed by atoms with van der Waals surface area (Å²) in [5.74, 6) is 1.32. The molecule has 1 aliphatic rings. The highest BCUT2D eigenvalue weighted by atomic mass is 79.9. The largest absolute Gasteiger partial charge is 0.486 e. The van der Waals surface area contributed by atoms with E-state index < -0.39 is 0 Å². The van der Waals surface area contributed by atoms with E-state index in [2.05, 4.69) is 21.2 Å². The minimum Gasteiger partial charge on any atom is -0.486 e. The Morgan fingerprint density at radius 1 is 1.19 bits per heavy atom. The van der Waals surface area contributed by atoms with Gasteiger partial charge in [0.2, 0.25) is 0 Å². The maximum atomic E-state index is 13.0. The predicted octanol–water partition coefficient (Wildman–Crippen LogP) is 3.52. The van der Waals surface area contributed by atoms with Gasteiger partial charge in [0, 0.05) is 17.6 Å². The van der Waals surface area contributed by atoms with Crippen LogP contribution in [0.25, 0.3) is 0 Å². The number of ether oxygens (including phenoxy) is 2. The third kappa shape index (κ3) is 3.54. The number of fused-ring (bicyclic) bond motifs is 1. The van der Waals surface area contributed by atoms with Gasteiger partial charge in [-0.3, -0.25) is 0 Å². The van der Waals surface area contributed by atoms with Crippen LogP contribution in [0, 0.1) is 5.82 Å². The molecule has 0 saturated carbocycles. The van der Waals surface area contributed by atoms with E-state index in [-0.39, 0.29) is 11.9 Å². The minimum absolute atomic E-state index is 0.0286. The summed E-state index contributed by atoms with van der Waals surface area (Å²) in [6.07, 6.45) is -0.0286. The second-order valence-electron chi connectivity index (χ2n) is 4.86. The Hall–Kier alpha value is -1.59. The van der Waals surface area contributed by atoms with Crippen molar-refractivity contribution in [3.05, 3.63) is 58.3 Å². The first-order valence-electron chi connectivity index (χ1n) is 6.75. The van der Waals surface area contributed by atoms with E-state index in [0.29, 0.717) is 19.7 Å². The van der Waals surface area contributed by atoms with Crippen molar-refractivity contribution in [3.63, 3.8) is 0 Å². The summed E-state index contributed by atoms with van der Waals surface area (Å²) in [6, 6.07) is 12.3. The predicted molar refractivity (Wildman–Crippen MR) is 82.2 cm³/mol. The van der Waals surface area contributed by atoms with Crippen molar-refractivity contribution in [2.75, 3.05) is 13.2 Å². The Labute approximate surface area is 131 Å². The molecule has 3 nitrogen and oxygen atoms in total. The first-order chi connectivity index (χ1) is 10.2. The third-order valence-corrected chi connectivity index (χ3v) is 4.01. The standard InChI is InChI=1S/C16H15BrFNO2/c17-14-7-12(18)6-5-11(14)8-19-9-13-10-20-15-3-1-2-4-16(15)21-13/h1-7,13,19H,8-10H2. The fourth-order valence-electron chi connectivity index (χ4n) is 2.20. The van der Waals surface area contributed by atoms with Crippen LogP contribution in [0.3, 0.4) is 0 Å². The second kappa shape index (κ2) is 6.45. The van der Waals surface area contributed by atoms with Gasteiger partial charge in [0.1, 0.15) is 18.5 Å². The van der Waals surface area contributed by atoms with Crippen molar-refractivity contribution in [1.82, 2.24) is 5.32 Å². The summed E-state index contributed by atoms with van der Waals surface area (Å²) < 4.78 is 25.3. The molecule has 0 radical (unpaired) electrons. The van der Waals surface area contributed by atoms with Crippen LogP contribution in [0.1, 0.15) is 5.56 Å². The molecule has 0 aliphatic carbocycles. The SMILES string of the molecule is Fc1ccc(CNCC2COc3ccccc3O2)c(Br)c1. The quantitative estimate of drug-likeness (QED) is 0.914. The first kappa shape index (κ1) is 14.4. The van der Waals surface area contributed by atoms with Gasteiger partial charge in [-0.1, -0.05) is 34.1 Å². The van der Waals surface area contributed by atoms with Crippen LogP contribution in [0.15, 0.2) is 46.9 Å². The van der Waals surface area contributed by atoms with E-state index in [9.17, 15) is 4.39 Å². The fraction of sp³-hybridized carbons (Fsp3) is 0.250. The van der Waals surface area contributed by atoms with Crippen LogP contribution in [0.2, 0.25) is 0 Å². The number of benzene rings is 2. The average Bonchev–Trinajstić information content (AvgIpc) is 2.49. The Morgan fingerprint density at radius 2 is 2.00 bits per heavy atom. The molecule has 1 heterocycles. The zero-order valence-electron chi connectivity index (χ0n) is 11.3. The molecule has 2 aromatic carbocycles. The second-order valence-corrected chi connectivity index (χ2v) is 5.72. The molecule has 3 rings (SSSR count). The zero-order chi connectivity index (χ0) is 14.7. The Balaban J connectivity index is 1.52. The summed E-state index contributed by atoms with van der Waals surface area (Å²) in [5, 5.41) is 3.31. The summed E-state index contributed by atoms with van der Waals surface area (Å²) >= 11 is 3.36. The fourth-order valence-corrected chi connectivity index (χ4v) is 2.69. The van der Waals surface area contributed by atoms with Crippen molar-refractivity contribution in [3.8, 4) is 11.5 Å². The number of rotatable bonds is 4. The molecule has 110 valence electrons. The first-order valence-corrected chi connectivity index (χ1v) is 7.55. The molecule has 5 heteroatoms. The molecule has 0 bridgehead atoms. The van der Waals surface area contributed by atoms with Gasteiger partial charge in [-0.2, -0.15) is 0 Å². The van der Waals surface area contributed by atoms with Gasteiger partial charge >= 0.3 is 0 Å². The minimum atomic E-state index is -0.244. The molecule has 0 amide bonds. The number of halogens is 2. The summed E-state index contributed by atoms with van der Waals surface area (Å²) in [4.78, 5) is 0. The number of hydrogen-bond donors (Lipinski definition) is 1. The topological polar surface area (TPSA) is 30.5 Å². The maximum Gasteiger partial charge on any atom is 0.161 e. The van der Waals surface area contributed by atoms with Crippen LogP contribution in [0.4, 0.5) is 4.39 Å². The molecule has 1 aliphatic heterocycles. The van der Waals surface area contributed by atoms with Crippen LogP contribution in [-0.4, -0.2) is 19.3 Å². The molecule has 1 unspecified atom stereocenters. The molecule has 0 fully saturated rings. The number of hydrogen-bond acceptors (Lipinski definition) is 3. The molecule has 21 heavy (non-hydrogen) atoms. The van der Waals surface area contributed by atoms with Crippen molar-refractivity contribution in [2.45, 2.75) is 12.6 Å². The lowest BCUT2D eigenvalue weighted by Gasteiger charge is -2.26. The van der Waals surface area contributed by atoms with Crippen LogP contribution < -0.4 is 14.8 Å². The monoisotopic (exact) mass is 351 g/mol. The van der Waals surface area contributed by atoms with Gasteiger partial charge < -0.3 is 14.8 Å². The Bertz CT molecular complexity index is 635. The lowest BCUT2D eigenvalue weighted by Crippen LogP contribution is -2.38. The summed E-state index contributed by atoms with van der Waals surface area (Å²) in [5.41, 5.74) is 1.01. The van der Waals surface area contributed by atoms with E-state index in [4.69, 9.17) is 9.47 Å². The zero-order valence-corrected chi connectivity index (χ0v) is 12.9. The van der Waals surface area contributed by atoms with Crippen LogP contribution in [-0.2, 0) is 6.54 Å². The average molecular weight is 352 g/mol. The van der Waals surface area contributed by atoms with Gasteiger partial charge in [0.25, 0.3) is 0 Å². The Kier molecular flexibility index (Phi) is 4.41. The highest BCUT2D eigenvalue weighted by Crippen LogP contribution is 2.30. The van der Waals surface area contributed by atoms with E-state index >= 15 is 0 Å². The van der Waals surface area contributed by atoms with Gasteiger partial charge in [0.15, 0.2) is 11.5 Å². The van der Waals surface area contributed by atoms with Crippen molar-refractivity contribution >= 4 is 15.9 Å². The highest BCUT2D eigenvalue weighted by Gasteiger charge is 2.19. The molecule has 1 N–H and O–H groups in total. The van der Waals surface area contributed by atoms with Gasteiger partial charge in [-0.15, -0.1) is 0 Å².